The number of aromatic nitrogens is 2. The van der Waals surface area contributed by atoms with Crippen molar-refractivity contribution in [3.63, 3.8) is 0 Å². The molecule has 0 bridgehead atoms. The summed E-state index contributed by atoms with van der Waals surface area (Å²) in [4.78, 5) is 15.0. The van der Waals surface area contributed by atoms with Crippen LogP contribution in [0.1, 0.15) is 6.23 Å². The van der Waals surface area contributed by atoms with Crippen LogP contribution in [0, 0.1) is 0 Å². The first-order valence-electron chi connectivity index (χ1n) is 5.01. The number of hydrogen-bond donors (Lipinski definition) is 4. The van der Waals surface area contributed by atoms with Gasteiger partial charge in [0.2, 0.25) is 0 Å². The van der Waals surface area contributed by atoms with Crippen molar-refractivity contribution in [1.29, 1.82) is 0 Å². The van der Waals surface area contributed by atoms with Crippen LogP contribution in [0.5, 0.6) is 0 Å². The number of rotatable bonds is 2. The Hall–Kier alpha value is -1.48. The molecular weight excluding hydrogens is 230 g/mol. The molecule has 0 spiro atoms. The molecule has 94 valence electrons. The van der Waals surface area contributed by atoms with Gasteiger partial charge in [-0.05, 0) is 6.07 Å². The van der Waals surface area contributed by atoms with E-state index < -0.39 is 36.8 Å². The van der Waals surface area contributed by atoms with Gasteiger partial charge in [0.1, 0.15) is 24.1 Å². The van der Waals surface area contributed by atoms with Crippen molar-refractivity contribution in [1.82, 2.24) is 9.55 Å². The first-order valence-corrected chi connectivity index (χ1v) is 5.01. The fraction of sp³-hybridized carbons (Fsp3) is 0.556. The molecule has 0 radical (unpaired) electrons. The predicted octanol–water partition coefficient (Wildman–Crippen LogP) is -2.56. The van der Waals surface area contributed by atoms with E-state index in [0.717, 1.165) is 4.57 Å². The molecule has 1 saturated heterocycles. The summed E-state index contributed by atoms with van der Waals surface area (Å²) in [6.07, 6.45) is -3.27. The topological polar surface area (TPSA) is 131 Å². The van der Waals surface area contributed by atoms with Crippen LogP contribution in [0.4, 0.5) is 5.82 Å². The van der Waals surface area contributed by atoms with E-state index in [4.69, 9.17) is 15.6 Å². The van der Waals surface area contributed by atoms with Crippen molar-refractivity contribution in [2.75, 3.05) is 12.3 Å². The summed E-state index contributed by atoms with van der Waals surface area (Å²) in [6.45, 7) is -0.453. The summed E-state index contributed by atoms with van der Waals surface area (Å²) in [5.74, 6) is 0.0537. The van der Waals surface area contributed by atoms with Crippen LogP contribution in [0.15, 0.2) is 17.1 Å². The van der Waals surface area contributed by atoms with E-state index in [2.05, 4.69) is 4.98 Å². The van der Waals surface area contributed by atoms with Crippen molar-refractivity contribution < 1.29 is 20.1 Å². The molecule has 1 aliphatic heterocycles. The highest BCUT2D eigenvalue weighted by molar-refractivity contribution is 5.23. The molecule has 1 aliphatic rings. The largest absolute Gasteiger partial charge is 0.394 e. The third kappa shape index (κ3) is 2.03. The molecule has 0 aliphatic carbocycles. The van der Waals surface area contributed by atoms with Crippen molar-refractivity contribution >= 4 is 5.82 Å². The third-order valence-corrected chi connectivity index (χ3v) is 2.64. The van der Waals surface area contributed by atoms with E-state index in [0.29, 0.717) is 0 Å². The molecule has 17 heavy (non-hydrogen) atoms. The van der Waals surface area contributed by atoms with Gasteiger partial charge < -0.3 is 25.8 Å². The zero-order valence-electron chi connectivity index (χ0n) is 8.80. The first-order chi connectivity index (χ1) is 8.04. The minimum Gasteiger partial charge on any atom is -0.394 e. The molecule has 1 aromatic rings. The van der Waals surface area contributed by atoms with Crippen LogP contribution in [-0.2, 0) is 4.74 Å². The Bertz CT molecular complexity index is 462. The van der Waals surface area contributed by atoms with Gasteiger partial charge in [-0.1, -0.05) is 0 Å². The summed E-state index contributed by atoms with van der Waals surface area (Å²) < 4.78 is 6.19. The molecule has 2 heterocycles. The fourth-order valence-corrected chi connectivity index (χ4v) is 1.73. The normalized spacial score (nSPS) is 32.9. The highest BCUT2D eigenvalue weighted by Gasteiger charge is 2.43. The van der Waals surface area contributed by atoms with Crippen LogP contribution in [0.2, 0.25) is 0 Å². The van der Waals surface area contributed by atoms with Gasteiger partial charge >= 0.3 is 5.69 Å². The first kappa shape index (κ1) is 12.0. The molecule has 5 N–H and O–H groups in total. The smallest absolute Gasteiger partial charge is 0.351 e. The van der Waals surface area contributed by atoms with Gasteiger partial charge in [0, 0.05) is 6.20 Å². The van der Waals surface area contributed by atoms with E-state index in [1.54, 1.807) is 0 Å². The van der Waals surface area contributed by atoms with Crippen molar-refractivity contribution in [3.8, 4) is 0 Å². The molecule has 8 heteroatoms. The van der Waals surface area contributed by atoms with E-state index in [-0.39, 0.29) is 5.82 Å². The fourth-order valence-electron chi connectivity index (χ4n) is 1.73. The third-order valence-electron chi connectivity index (χ3n) is 2.64. The molecule has 8 nitrogen and oxygen atoms in total. The lowest BCUT2D eigenvalue weighted by molar-refractivity contribution is -0.0549. The Morgan fingerprint density at radius 3 is 2.71 bits per heavy atom. The highest BCUT2D eigenvalue weighted by Crippen LogP contribution is 2.27. The molecule has 2 rings (SSSR count). The maximum atomic E-state index is 11.5. The molecule has 0 aromatic carbocycles. The lowest BCUT2D eigenvalue weighted by Crippen LogP contribution is -2.36. The van der Waals surface area contributed by atoms with Crippen LogP contribution in [0.3, 0.4) is 0 Å². The molecular formula is C9H13N3O5. The second-order valence-electron chi connectivity index (χ2n) is 3.77. The summed E-state index contributed by atoms with van der Waals surface area (Å²) in [5, 5.41) is 28.2. The van der Waals surface area contributed by atoms with Gasteiger partial charge in [0.25, 0.3) is 0 Å². The summed E-state index contributed by atoms with van der Waals surface area (Å²) >= 11 is 0. The number of anilines is 1. The van der Waals surface area contributed by atoms with Gasteiger partial charge in [0.05, 0.1) is 6.61 Å². The molecule has 0 saturated carbocycles. The van der Waals surface area contributed by atoms with Crippen LogP contribution in [-0.4, -0.2) is 49.8 Å². The molecule has 1 aromatic heterocycles. The standard InChI is InChI=1S/C9H13N3O5/c10-5-1-2-12(9(16)11-5)8-7(15)6(14)4(3-13)17-8/h1-2,4,6-8,13-15H,3H2,(H2,10,11,16)/t4-,6-,7+,8-/m0/s1. The van der Waals surface area contributed by atoms with Gasteiger partial charge in [-0.2, -0.15) is 4.98 Å². The van der Waals surface area contributed by atoms with Gasteiger partial charge in [0.15, 0.2) is 6.23 Å². The van der Waals surface area contributed by atoms with E-state index in [1.807, 2.05) is 0 Å². The zero-order valence-corrected chi connectivity index (χ0v) is 8.80. The number of aliphatic hydroxyl groups is 3. The average Bonchev–Trinajstić information content (AvgIpc) is 2.57. The Morgan fingerprint density at radius 2 is 2.18 bits per heavy atom. The maximum absolute atomic E-state index is 11.5. The molecule has 0 amide bonds. The molecule has 4 atom stereocenters. The Labute approximate surface area is 95.9 Å². The zero-order chi connectivity index (χ0) is 12.6. The second-order valence-corrected chi connectivity index (χ2v) is 3.77. The highest BCUT2D eigenvalue weighted by atomic mass is 16.6. The quantitative estimate of drug-likeness (QED) is 0.449. The van der Waals surface area contributed by atoms with Crippen molar-refractivity contribution in [2.24, 2.45) is 0 Å². The van der Waals surface area contributed by atoms with E-state index in [1.165, 1.54) is 12.3 Å². The average molecular weight is 243 g/mol. The van der Waals surface area contributed by atoms with Gasteiger partial charge in [-0.15, -0.1) is 0 Å². The minimum absolute atomic E-state index is 0.0537. The summed E-state index contributed by atoms with van der Waals surface area (Å²) in [7, 11) is 0. The number of hydrogen-bond acceptors (Lipinski definition) is 7. The summed E-state index contributed by atoms with van der Waals surface area (Å²) in [6, 6.07) is 1.37. The number of nitrogen functional groups attached to an aromatic ring is 1. The number of nitrogens with two attached hydrogens (primary N) is 1. The van der Waals surface area contributed by atoms with Gasteiger partial charge in [-0.3, -0.25) is 4.57 Å². The Balaban J connectivity index is 2.32. The molecule has 0 unspecified atom stereocenters. The van der Waals surface area contributed by atoms with E-state index >= 15 is 0 Å². The lowest BCUT2D eigenvalue weighted by Gasteiger charge is -2.16. The predicted molar refractivity (Wildman–Crippen MR) is 55.9 cm³/mol. The van der Waals surface area contributed by atoms with Gasteiger partial charge in [-0.25, -0.2) is 4.79 Å². The lowest BCUT2D eigenvalue weighted by atomic mass is 10.1. The number of nitrogens with zero attached hydrogens (tertiary/aromatic N) is 2. The maximum Gasteiger partial charge on any atom is 0.351 e. The molecule has 1 fully saturated rings. The number of aliphatic hydroxyl groups excluding tert-OH is 3. The minimum atomic E-state index is -1.31. The van der Waals surface area contributed by atoms with Crippen LogP contribution in [0.25, 0.3) is 0 Å². The Kier molecular flexibility index (Phi) is 3.11. The van der Waals surface area contributed by atoms with Crippen LogP contribution < -0.4 is 11.4 Å². The van der Waals surface area contributed by atoms with Crippen molar-refractivity contribution in [2.45, 2.75) is 24.5 Å². The number of ether oxygens (including phenoxy) is 1. The monoisotopic (exact) mass is 243 g/mol. The van der Waals surface area contributed by atoms with Crippen LogP contribution >= 0.6 is 0 Å². The summed E-state index contributed by atoms with van der Waals surface area (Å²) in [5.41, 5.74) is 4.63. The Morgan fingerprint density at radius 1 is 1.47 bits per heavy atom. The van der Waals surface area contributed by atoms with Crippen molar-refractivity contribution in [3.05, 3.63) is 22.7 Å². The van der Waals surface area contributed by atoms with E-state index in [9.17, 15) is 15.0 Å². The SMILES string of the molecule is Nc1ccn([C@H]2O[C@@H](CO)[C@H](O)[C@H]2O)c(=O)n1. The second kappa shape index (κ2) is 4.41.